The molecule has 0 fully saturated rings. The number of aromatic nitrogens is 1. The van der Waals surface area contributed by atoms with Crippen molar-refractivity contribution in [1.29, 1.82) is 0 Å². The van der Waals surface area contributed by atoms with Gasteiger partial charge in [-0.3, -0.25) is 9.78 Å². The molecule has 0 spiro atoms. The molecule has 1 aromatic rings. The number of rotatable bonds is 2. The van der Waals surface area contributed by atoms with Crippen molar-refractivity contribution in [2.24, 2.45) is 0 Å². The van der Waals surface area contributed by atoms with Crippen LogP contribution >= 0.6 is 11.6 Å². The van der Waals surface area contributed by atoms with E-state index in [0.29, 0.717) is 16.2 Å². The summed E-state index contributed by atoms with van der Waals surface area (Å²) in [5.41, 5.74) is 0.933. The van der Waals surface area contributed by atoms with Crippen LogP contribution in [0.1, 0.15) is 17.3 Å². The van der Waals surface area contributed by atoms with Crippen LogP contribution < -0.4 is 0 Å². The standard InChI is InChI=1S/C9H8ClNO/c1-6(2)9(12)7-3-4-11-5-8(7)10/h3-5H,1H2,2H3. The number of nitrogens with zero attached hydrogens (tertiary/aromatic N) is 1. The van der Waals surface area contributed by atoms with Gasteiger partial charge in [0.25, 0.3) is 0 Å². The third kappa shape index (κ3) is 1.71. The average molecular weight is 182 g/mol. The Labute approximate surface area is 75.9 Å². The van der Waals surface area contributed by atoms with Crippen molar-refractivity contribution >= 4 is 17.4 Å². The highest BCUT2D eigenvalue weighted by molar-refractivity contribution is 6.34. The van der Waals surface area contributed by atoms with Gasteiger partial charge in [-0.05, 0) is 18.6 Å². The van der Waals surface area contributed by atoms with Crippen LogP contribution in [0.5, 0.6) is 0 Å². The highest BCUT2D eigenvalue weighted by Crippen LogP contribution is 2.16. The van der Waals surface area contributed by atoms with Crippen molar-refractivity contribution in [3.8, 4) is 0 Å². The summed E-state index contributed by atoms with van der Waals surface area (Å²) < 4.78 is 0. The molecule has 0 unspecified atom stereocenters. The number of pyridine rings is 1. The van der Waals surface area contributed by atoms with E-state index in [1.807, 2.05) is 0 Å². The fourth-order valence-corrected chi connectivity index (χ4v) is 0.994. The van der Waals surface area contributed by atoms with Crippen molar-refractivity contribution in [2.75, 3.05) is 0 Å². The van der Waals surface area contributed by atoms with Gasteiger partial charge in [0.2, 0.25) is 0 Å². The van der Waals surface area contributed by atoms with Gasteiger partial charge in [-0.25, -0.2) is 0 Å². The molecule has 0 radical (unpaired) electrons. The Morgan fingerprint density at radius 1 is 1.67 bits per heavy atom. The molecule has 0 atom stereocenters. The zero-order valence-electron chi connectivity index (χ0n) is 6.67. The molecule has 0 aliphatic heterocycles. The first kappa shape index (κ1) is 8.94. The van der Waals surface area contributed by atoms with Crippen LogP contribution in [0.2, 0.25) is 5.02 Å². The van der Waals surface area contributed by atoms with Gasteiger partial charge in [0, 0.05) is 18.0 Å². The molecule has 0 N–H and O–H groups in total. The minimum absolute atomic E-state index is 0.137. The van der Waals surface area contributed by atoms with E-state index in [-0.39, 0.29) is 5.78 Å². The largest absolute Gasteiger partial charge is 0.289 e. The van der Waals surface area contributed by atoms with Crippen molar-refractivity contribution in [1.82, 2.24) is 4.98 Å². The topological polar surface area (TPSA) is 30.0 Å². The lowest BCUT2D eigenvalue weighted by Gasteiger charge is -2.00. The Morgan fingerprint density at radius 3 is 2.83 bits per heavy atom. The van der Waals surface area contributed by atoms with Crippen LogP contribution in [0.25, 0.3) is 0 Å². The Kier molecular flexibility index (Phi) is 2.61. The van der Waals surface area contributed by atoms with Crippen molar-refractivity contribution in [2.45, 2.75) is 6.92 Å². The third-order valence-corrected chi connectivity index (χ3v) is 1.71. The average Bonchev–Trinajstić information content (AvgIpc) is 2.04. The summed E-state index contributed by atoms with van der Waals surface area (Å²) in [4.78, 5) is 15.1. The normalized spacial score (nSPS) is 9.50. The Morgan fingerprint density at radius 2 is 2.33 bits per heavy atom. The molecule has 0 bridgehead atoms. The van der Waals surface area contributed by atoms with Crippen LogP contribution in [0.3, 0.4) is 0 Å². The predicted molar refractivity (Wildman–Crippen MR) is 48.4 cm³/mol. The lowest BCUT2D eigenvalue weighted by Crippen LogP contribution is -2.00. The molecule has 1 aromatic heterocycles. The molecule has 62 valence electrons. The molecular weight excluding hydrogens is 174 g/mol. The van der Waals surface area contributed by atoms with E-state index in [1.165, 1.54) is 12.4 Å². The highest BCUT2D eigenvalue weighted by atomic mass is 35.5. The molecular formula is C9H8ClNO. The number of hydrogen-bond donors (Lipinski definition) is 0. The van der Waals surface area contributed by atoms with Crippen LogP contribution in [0.15, 0.2) is 30.6 Å². The van der Waals surface area contributed by atoms with E-state index in [0.717, 1.165) is 0 Å². The smallest absolute Gasteiger partial charge is 0.189 e. The Hall–Kier alpha value is -1.15. The monoisotopic (exact) mass is 181 g/mol. The lowest BCUT2D eigenvalue weighted by molar-refractivity contribution is 0.103. The molecule has 0 amide bonds. The summed E-state index contributed by atoms with van der Waals surface area (Å²) in [6.07, 6.45) is 2.97. The summed E-state index contributed by atoms with van der Waals surface area (Å²) in [6, 6.07) is 1.58. The maximum absolute atomic E-state index is 11.4. The molecule has 12 heavy (non-hydrogen) atoms. The first-order chi connectivity index (χ1) is 5.63. The van der Waals surface area contributed by atoms with Gasteiger partial charge >= 0.3 is 0 Å². The summed E-state index contributed by atoms with van der Waals surface area (Å²) in [7, 11) is 0. The van der Waals surface area contributed by atoms with Crippen LogP contribution in [0, 0.1) is 0 Å². The second-order valence-corrected chi connectivity index (χ2v) is 2.87. The van der Waals surface area contributed by atoms with E-state index < -0.39 is 0 Å². The molecule has 0 saturated heterocycles. The van der Waals surface area contributed by atoms with E-state index in [1.54, 1.807) is 13.0 Å². The van der Waals surface area contributed by atoms with Crippen molar-refractivity contribution in [3.63, 3.8) is 0 Å². The van der Waals surface area contributed by atoms with Crippen LogP contribution in [0.4, 0.5) is 0 Å². The molecule has 0 aliphatic rings. The van der Waals surface area contributed by atoms with Crippen LogP contribution in [-0.2, 0) is 0 Å². The van der Waals surface area contributed by atoms with Crippen LogP contribution in [-0.4, -0.2) is 10.8 Å². The molecule has 0 aliphatic carbocycles. The maximum Gasteiger partial charge on any atom is 0.189 e. The van der Waals surface area contributed by atoms with E-state index in [9.17, 15) is 4.79 Å². The summed E-state index contributed by atoms with van der Waals surface area (Å²) in [6.45, 7) is 5.20. The molecule has 0 saturated carbocycles. The quantitative estimate of drug-likeness (QED) is 0.518. The second-order valence-electron chi connectivity index (χ2n) is 2.46. The van der Waals surface area contributed by atoms with E-state index >= 15 is 0 Å². The third-order valence-electron chi connectivity index (χ3n) is 1.40. The summed E-state index contributed by atoms with van der Waals surface area (Å²) in [5, 5.41) is 0.366. The number of ketones is 1. The van der Waals surface area contributed by atoms with E-state index in [4.69, 9.17) is 11.6 Å². The SMILES string of the molecule is C=C(C)C(=O)c1ccncc1Cl. The van der Waals surface area contributed by atoms with Crippen molar-refractivity contribution in [3.05, 3.63) is 41.2 Å². The van der Waals surface area contributed by atoms with Gasteiger partial charge in [0.05, 0.1) is 5.02 Å². The van der Waals surface area contributed by atoms with Gasteiger partial charge in [-0.1, -0.05) is 18.2 Å². The van der Waals surface area contributed by atoms with Gasteiger partial charge in [-0.2, -0.15) is 0 Å². The molecule has 1 rings (SSSR count). The van der Waals surface area contributed by atoms with Gasteiger partial charge in [0.1, 0.15) is 0 Å². The zero-order valence-corrected chi connectivity index (χ0v) is 7.43. The maximum atomic E-state index is 11.4. The van der Waals surface area contributed by atoms with Crippen molar-refractivity contribution < 1.29 is 4.79 Å². The zero-order chi connectivity index (χ0) is 9.14. The number of Topliss-reactive ketones (excluding diaryl/α,β-unsaturated/α-hetero) is 1. The molecule has 1 heterocycles. The molecule has 3 heteroatoms. The molecule has 0 aromatic carbocycles. The fraction of sp³-hybridized carbons (Fsp3) is 0.111. The number of carbonyl (C=O) groups is 1. The predicted octanol–water partition coefficient (Wildman–Crippen LogP) is 2.49. The van der Waals surface area contributed by atoms with Gasteiger partial charge in [-0.15, -0.1) is 0 Å². The Bertz CT molecular complexity index is 333. The lowest BCUT2D eigenvalue weighted by atomic mass is 10.1. The number of carbonyl (C=O) groups excluding carboxylic acids is 1. The first-order valence-corrected chi connectivity index (χ1v) is 3.80. The number of allylic oxidation sites excluding steroid dienone is 1. The fourth-order valence-electron chi connectivity index (χ4n) is 0.789. The second kappa shape index (κ2) is 3.50. The summed E-state index contributed by atoms with van der Waals surface area (Å²) in [5.74, 6) is -0.137. The summed E-state index contributed by atoms with van der Waals surface area (Å²) >= 11 is 5.74. The molecule has 2 nitrogen and oxygen atoms in total. The van der Waals surface area contributed by atoms with Gasteiger partial charge in [0.15, 0.2) is 5.78 Å². The highest BCUT2D eigenvalue weighted by Gasteiger charge is 2.09. The minimum Gasteiger partial charge on any atom is -0.289 e. The van der Waals surface area contributed by atoms with Gasteiger partial charge < -0.3 is 0 Å². The number of hydrogen-bond acceptors (Lipinski definition) is 2. The minimum atomic E-state index is -0.137. The van der Waals surface area contributed by atoms with E-state index in [2.05, 4.69) is 11.6 Å². The number of halogens is 1. The Balaban J connectivity index is 3.11. The first-order valence-electron chi connectivity index (χ1n) is 3.42.